The molecule has 0 bridgehead atoms. The summed E-state index contributed by atoms with van der Waals surface area (Å²) >= 11 is 0. The van der Waals surface area contributed by atoms with Gasteiger partial charge in [0, 0.05) is 25.8 Å². The molecular weight excluding hydrogens is 256 g/mol. The van der Waals surface area contributed by atoms with Gasteiger partial charge in [0.2, 0.25) is 0 Å². The Morgan fingerprint density at radius 2 is 2.40 bits per heavy atom. The molecule has 1 fully saturated rings. The van der Waals surface area contributed by atoms with Gasteiger partial charge in [0.25, 0.3) is 5.91 Å². The maximum absolute atomic E-state index is 11.8. The fourth-order valence-corrected chi connectivity index (χ4v) is 2.68. The molecular formula is C14H24N4O2. The number of carbonyl (C=O) groups excluding carboxylic acids is 1. The Hall–Kier alpha value is -1.40. The molecule has 0 radical (unpaired) electrons. The first-order chi connectivity index (χ1) is 9.70. The normalized spacial score (nSPS) is 19.4. The molecule has 112 valence electrons. The van der Waals surface area contributed by atoms with E-state index in [2.05, 4.69) is 15.3 Å². The lowest BCUT2D eigenvalue weighted by Crippen LogP contribution is -2.33. The van der Waals surface area contributed by atoms with Crippen LogP contribution < -0.4 is 5.32 Å². The Labute approximate surface area is 119 Å². The van der Waals surface area contributed by atoms with E-state index in [0.717, 1.165) is 32.4 Å². The van der Waals surface area contributed by atoms with Crippen LogP contribution in [0.15, 0.2) is 12.4 Å². The molecule has 0 spiro atoms. The summed E-state index contributed by atoms with van der Waals surface area (Å²) in [5, 5.41) is 16.1. The van der Waals surface area contributed by atoms with E-state index in [4.69, 9.17) is 0 Å². The van der Waals surface area contributed by atoms with Crippen molar-refractivity contribution >= 4 is 5.91 Å². The number of nitrogens with one attached hydrogen (secondary N) is 1. The van der Waals surface area contributed by atoms with Crippen molar-refractivity contribution < 1.29 is 9.90 Å². The summed E-state index contributed by atoms with van der Waals surface area (Å²) in [6.45, 7) is 3.05. The van der Waals surface area contributed by atoms with E-state index in [1.165, 1.54) is 6.42 Å². The maximum atomic E-state index is 11.8. The van der Waals surface area contributed by atoms with Crippen LogP contribution in [0.4, 0.5) is 0 Å². The van der Waals surface area contributed by atoms with Crippen LogP contribution in [-0.4, -0.2) is 58.0 Å². The molecule has 2 rings (SSSR count). The predicted octanol–water partition coefficient (Wildman–Crippen LogP) is 0.387. The highest BCUT2D eigenvalue weighted by molar-refractivity contribution is 5.93. The molecule has 0 aliphatic carbocycles. The van der Waals surface area contributed by atoms with Gasteiger partial charge in [0.15, 0.2) is 0 Å². The van der Waals surface area contributed by atoms with Gasteiger partial charge < -0.3 is 10.4 Å². The molecule has 0 aromatic carbocycles. The van der Waals surface area contributed by atoms with Crippen LogP contribution in [0.3, 0.4) is 0 Å². The van der Waals surface area contributed by atoms with E-state index >= 15 is 0 Å². The Morgan fingerprint density at radius 3 is 3.10 bits per heavy atom. The maximum Gasteiger partial charge on any atom is 0.254 e. The van der Waals surface area contributed by atoms with Crippen molar-refractivity contribution in [3.63, 3.8) is 0 Å². The summed E-state index contributed by atoms with van der Waals surface area (Å²) < 4.78 is 1.62. The van der Waals surface area contributed by atoms with Crippen LogP contribution in [0, 0.1) is 0 Å². The molecule has 6 nitrogen and oxygen atoms in total. The van der Waals surface area contributed by atoms with Crippen molar-refractivity contribution in [3.05, 3.63) is 18.0 Å². The highest BCUT2D eigenvalue weighted by Crippen LogP contribution is 2.16. The van der Waals surface area contributed by atoms with Gasteiger partial charge in [-0.3, -0.25) is 14.4 Å². The number of carbonyl (C=O) groups is 1. The van der Waals surface area contributed by atoms with Crippen LogP contribution in [0.25, 0.3) is 0 Å². The third-order valence-electron chi connectivity index (χ3n) is 3.83. The predicted molar refractivity (Wildman–Crippen MR) is 76.5 cm³/mol. The minimum atomic E-state index is -0.0625. The van der Waals surface area contributed by atoms with Crippen LogP contribution in [0.1, 0.15) is 36.0 Å². The molecule has 1 saturated heterocycles. The molecule has 1 aliphatic rings. The highest BCUT2D eigenvalue weighted by atomic mass is 16.3. The number of aromatic nitrogens is 2. The first-order valence-electron chi connectivity index (χ1n) is 7.32. The SMILES string of the molecule is Cn1cc(C(=O)NCCCCN2CCCC2CO)cn1. The smallest absolute Gasteiger partial charge is 0.254 e. The lowest BCUT2D eigenvalue weighted by molar-refractivity contribution is 0.0952. The van der Waals surface area contributed by atoms with E-state index in [9.17, 15) is 9.90 Å². The van der Waals surface area contributed by atoms with Gasteiger partial charge in [-0.1, -0.05) is 0 Å². The molecule has 20 heavy (non-hydrogen) atoms. The summed E-state index contributed by atoms with van der Waals surface area (Å²) in [4.78, 5) is 14.1. The fourth-order valence-electron chi connectivity index (χ4n) is 2.68. The number of nitrogens with zero attached hydrogens (tertiary/aromatic N) is 3. The van der Waals surface area contributed by atoms with Gasteiger partial charge in [-0.25, -0.2) is 0 Å². The highest BCUT2D eigenvalue weighted by Gasteiger charge is 2.22. The second-order valence-corrected chi connectivity index (χ2v) is 5.38. The monoisotopic (exact) mass is 280 g/mol. The number of hydrogen-bond acceptors (Lipinski definition) is 4. The van der Waals surface area contributed by atoms with E-state index in [1.807, 2.05) is 0 Å². The van der Waals surface area contributed by atoms with Gasteiger partial charge in [-0.05, 0) is 38.8 Å². The minimum absolute atomic E-state index is 0.0625. The molecule has 1 atom stereocenters. The van der Waals surface area contributed by atoms with Gasteiger partial charge >= 0.3 is 0 Å². The molecule has 1 aromatic rings. The summed E-state index contributed by atoms with van der Waals surface area (Å²) in [6, 6.07) is 0.347. The third-order valence-corrected chi connectivity index (χ3v) is 3.83. The zero-order chi connectivity index (χ0) is 14.4. The van der Waals surface area contributed by atoms with E-state index < -0.39 is 0 Å². The summed E-state index contributed by atoms with van der Waals surface area (Å²) in [6.07, 6.45) is 7.58. The third kappa shape index (κ3) is 4.05. The molecule has 1 aliphatic heterocycles. The number of hydrogen-bond donors (Lipinski definition) is 2. The molecule has 1 aromatic heterocycles. The lowest BCUT2D eigenvalue weighted by atomic mass is 10.2. The summed E-state index contributed by atoms with van der Waals surface area (Å²) in [7, 11) is 1.80. The second kappa shape index (κ2) is 7.40. The van der Waals surface area contributed by atoms with Crippen LogP contribution in [0.2, 0.25) is 0 Å². The number of aryl methyl sites for hydroxylation is 1. The van der Waals surface area contributed by atoms with Crippen LogP contribution in [-0.2, 0) is 7.05 Å². The Morgan fingerprint density at radius 1 is 1.55 bits per heavy atom. The first kappa shape index (κ1) is 15.0. The standard InChI is InChI=1S/C14H24N4O2/c1-17-10-12(9-16-17)14(20)15-6-2-3-7-18-8-4-5-13(18)11-19/h9-10,13,19H,2-8,11H2,1H3,(H,15,20). The van der Waals surface area contributed by atoms with Crippen molar-refractivity contribution in [2.45, 2.75) is 31.7 Å². The van der Waals surface area contributed by atoms with E-state index in [1.54, 1.807) is 24.1 Å². The zero-order valence-electron chi connectivity index (χ0n) is 12.1. The summed E-state index contributed by atoms with van der Waals surface area (Å²) in [5.41, 5.74) is 0.604. The quantitative estimate of drug-likeness (QED) is 0.709. The van der Waals surface area contributed by atoms with Gasteiger partial charge in [-0.2, -0.15) is 5.10 Å². The number of likely N-dealkylation sites (tertiary alicyclic amines) is 1. The minimum Gasteiger partial charge on any atom is -0.395 e. The molecule has 2 heterocycles. The Balaban J connectivity index is 1.58. The molecule has 6 heteroatoms. The molecule has 1 unspecified atom stereocenters. The fraction of sp³-hybridized carbons (Fsp3) is 0.714. The van der Waals surface area contributed by atoms with E-state index in [0.29, 0.717) is 18.2 Å². The average molecular weight is 280 g/mol. The Kier molecular flexibility index (Phi) is 5.55. The molecule has 0 saturated carbocycles. The van der Waals surface area contributed by atoms with Gasteiger partial charge in [0.1, 0.15) is 0 Å². The number of aliphatic hydroxyl groups is 1. The van der Waals surface area contributed by atoms with Crippen molar-refractivity contribution in [3.8, 4) is 0 Å². The van der Waals surface area contributed by atoms with E-state index in [-0.39, 0.29) is 12.5 Å². The number of rotatable bonds is 7. The van der Waals surface area contributed by atoms with Crippen molar-refractivity contribution in [1.82, 2.24) is 20.0 Å². The van der Waals surface area contributed by atoms with Crippen LogP contribution >= 0.6 is 0 Å². The number of unbranched alkanes of at least 4 members (excludes halogenated alkanes) is 1. The summed E-state index contributed by atoms with van der Waals surface area (Å²) in [5.74, 6) is -0.0625. The van der Waals surface area contributed by atoms with Crippen molar-refractivity contribution in [1.29, 1.82) is 0 Å². The largest absolute Gasteiger partial charge is 0.395 e. The second-order valence-electron chi connectivity index (χ2n) is 5.38. The average Bonchev–Trinajstić information content (AvgIpc) is 3.06. The van der Waals surface area contributed by atoms with Gasteiger partial charge in [0.05, 0.1) is 18.4 Å². The Bertz CT molecular complexity index is 433. The topological polar surface area (TPSA) is 70.4 Å². The lowest BCUT2D eigenvalue weighted by Gasteiger charge is -2.22. The zero-order valence-corrected chi connectivity index (χ0v) is 12.1. The van der Waals surface area contributed by atoms with Crippen molar-refractivity contribution in [2.75, 3.05) is 26.2 Å². The van der Waals surface area contributed by atoms with Gasteiger partial charge in [-0.15, -0.1) is 0 Å². The number of aliphatic hydroxyl groups excluding tert-OH is 1. The molecule has 1 amide bonds. The van der Waals surface area contributed by atoms with Crippen LogP contribution in [0.5, 0.6) is 0 Å². The first-order valence-corrected chi connectivity index (χ1v) is 7.32. The number of amides is 1. The molecule has 2 N–H and O–H groups in total. The van der Waals surface area contributed by atoms with Crippen molar-refractivity contribution in [2.24, 2.45) is 7.05 Å².